The Morgan fingerprint density at radius 1 is 0.265 bits per heavy atom. The minimum atomic E-state index is -7.02. The number of aliphatic imine (C=N–C) groups is 6. The van der Waals surface area contributed by atoms with Gasteiger partial charge in [-0.05, 0) is 0 Å². The number of aliphatic carboxylic acids is 1. The van der Waals surface area contributed by atoms with Gasteiger partial charge in [-0.3, -0.25) is 0 Å². The first-order chi connectivity index (χ1) is 64.9. The maximum absolute atomic E-state index is 18.4. The van der Waals surface area contributed by atoms with Crippen LogP contribution in [0.15, 0.2) is 131 Å². The normalized spacial score (nSPS) is 17.7. The number of fused-ring (bicyclic) bond motifs is 6. The van der Waals surface area contributed by atoms with E-state index in [9.17, 15) is 24.3 Å². The quantitative estimate of drug-likeness (QED) is 0.0265. The van der Waals surface area contributed by atoms with E-state index >= 15 is 17.2 Å². The molecule has 6 aromatic rings. The number of methoxy groups -OCH3 is 3. The zero-order chi connectivity index (χ0) is 98.0. The molecule has 0 amide bonds. The van der Waals surface area contributed by atoms with Gasteiger partial charge in [-0.25, -0.2) is 0 Å². The maximum atomic E-state index is 18.4. The Hall–Kier alpha value is -10.3. The number of carbonyl (C=O) groups excluding carboxylic acids is 3. The van der Waals surface area contributed by atoms with Crippen LogP contribution in [0, 0.1) is 27.7 Å². The van der Waals surface area contributed by atoms with Crippen molar-refractivity contribution in [2.45, 2.75) is 267 Å². The third-order valence-electron chi connectivity index (χ3n) is 29.6. The fourth-order valence-corrected chi connectivity index (χ4v) is 41.5. The Bertz CT molecular complexity index is 7270. The third-order valence-corrected chi connectivity index (χ3v) is 47.0. The number of nitrogens with zero attached hydrogens (tertiary/aromatic N) is 12. The number of carbonyl (C=O) groups is 4. The number of aromatic nitrogens is 6. The summed E-state index contributed by atoms with van der Waals surface area (Å²) in [5.41, 5.74) is 33.0. The average Bonchev–Trinajstić information content (AvgIpc) is 1.54. The Balaban J connectivity index is 0.000000150. The predicted octanol–water partition coefficient (Wildman–Crippen LogP) is 18.7. The van der Waals surface area contributed by atoms with Crippen molar-refractivity contribution < 1.29 is 55.7 Å². The summed E-state index contributed by atoms with van der Waals surface area (Å²) >= 11 is -19.9. The summed E-state index contributed by atoms with van der Waals surface area (Å²) in [4.78, 5) is 79.5. The second-order valence-corrected chi connectivity index (χ2v) is 52.6. The zero-order valence-corrected chi connectivity index (χ0v) is 91.1. The minimum absolute atomic E-state index is 0.0223. The van der Waals surface area contributed by atoms with Gasteiger partial charge in [0.05, 0.1) is 0 Å². The van der Waals surface area contributed by atoms with E-state index in [1.165, 1.54) is 54.8 Å². The van der Waals surface area contributed by atoms with Crippen molar-refractivity contribution >= 4 is 191 Å². The molecule has 136 heavy (non-hydrogen) atoms. The van der Waals surface area contributed by atoms with Crippen molar-refractivity contribution in [3.8, 4) is 0 Å². The molecule has 0 saturated carbocycles. The van der Waals surface area contributed by atoms with E-state index in [-0.39, 0.29) is 73.5 Å². The number of esters is 3. The van der Waals surface area contributed by atoms with Crippen LogP contribution in [0.4, 0.5) is 17.2 Å². The van der Waals surface area contributed by atoms with Gasteiger partial charge < -0.3 is 0 Å². The third kappa shape index (κ3) is 16.1. The van der Waals surface area contributed by atoms with Gasteiger partial charge in [-0.1, -0.05) is 0 Å². The summed E-state index contributed by atoms with van der Waals surface area (Å²) in [5, 5.41) is 12.7. The first-order valence-corrected chi connectivity index (χ1v) is 62.3. The molecule has 0 aliphatic carbocycles. The van der Waals surface area contributed by atoms with Crippen molar-refractivity contribution in [1.82, 2.24) is 16.7 Å². The molecule has 20 nitrogen and oxygen atoms in total. The van der Waals surface area contributed by atoms with Gasteiger partial charge in [0.2, 0.25) is 0 Å². The van der Waals surface area contributed by atoms with Gasteiger partial charge in [-0.2, -0.15) is 0 Å². The summed E-state index contributed by atoms with van der Waals surface area (Å²) in [6.45, 7) is 40.7. The van der Waals surface area contributed by atoms with E-state index in [0.717, 1.165) is 162 Å². The molecule has 0 radical (unpaired) electrons. The van der Waals surface area contributed by atoms with Gasteiger partial charge in [0.25, 0.3) is 0 Å². The van der Waals surface area contributed by atoms with Gasteiger partial charge in [0.15, 0.2) is 0 Å². The van der Waals surface area contributed by atoms with Crippen LogP contribution in [0.1, 0.15) is 289 Å². The molecule has 0 saturated heterocycles. The standard InChI is InChI=1S/C39H43N4O8.C36H44N4.C32H36N4.6FH.3Sn/c1-20-24(8-12-36(44)45)32-17-31-23(4)27(11-15-39(48)51-7)35(43-31)19-34-26(10-14-38(47)50-6)22(3)29(41-34)16-28-21(2)25(9-13-37(46)49-5)33(40-28)18-30(20)42-32;1-9-21-22(10-2)30-18-32-25(13-5)26(14-6)34(39-32)20-36-28(16-8)27(15-7)35(40-36)19-33-24(12-4)23(11-3)31(38-33)17-29(21)37-30;1-9-21-17(5)25-14-30-23(11-3)19(7)27(35-30)16-32-24(12-4)20(8)28(36-32)15-31-22(10-2)18(6)26(34-31)13-29(21)33-25;;;;;;;;;/h16-19H,8-15H2,1-7H3,(H2-,40,41,42,43,44,45);17-20H,9-16H2,1-8H3;13-16H,9-12H2,1-8H3;6*1H;;;/q-1;2*-2;;;;;;;3*+4/p-7. The van der Waals surface area contributed by atoms with Gasteiger partial charge in [0.1, 0.15) is 0 Å². The predicted molar refractivity (Wildman–Crippen MR) is 541 cm³/mol. The van der Waals surface area contributed by atoms with E-state index in [1.54, 1.807) is 38.2 Å². The average molecular weight is 2170 g/mol. The van der Waals surface area contributed by atoms with Crippen molar-refractivity contribution in [3.05, 3.63) is 234 Å². The summed E-state index contributed by atoms with van der Waals surface area (Å²) in [7, 11) is 3.88. The van der Waals surface area contributed by atoms with Crippen LogP contribution in [0.5, 0.6) is 0 Å². The van der Waals surface area contributed by atoms with Gasteiger partial charge in [-0.15, -0.1) is 0 Å². The zero-order valence-electron chi connectivity index (χ0n) is 82.5. The van der Waals surface area contributed by atoms with Crippen LogP contribution in [0.2, 0.25) is 0 Å². The number of allylic oxidation sites excluding steroid dienone is 12. The van der Waals surface area contributed by atoms with Crippen LogP contribution < -0.4 is 32.1 Å². The Morgan fingerprint density at radius 3 is 0.985 bits per heavy atom. The summed E-state index contributed by atoms with van der Waals surface area (Å²) in [6, 6.07) is 0. The monoisotopic (exact) mass is 2180 g/mol. The number of rotatable bonds is 24. The van der Waals surface area contributed by atoms with Crippen LogP contribution in [0.25, 0.3) is 72.9 Å². The van der Waals surface area contributed by atoms with Gasteiger partial charge >= 0.3 is 816 Å². The van der Waals surface area contributed by atoms with Gasteiger partial charge in [0, 0.05) is 0 Å². The fourth-order valence-electron chi connectivity index (χ4n) is 22.6. The molecule has 18 heterocycles. The molecule has 712 valence electrons. The van der Waals surface area contributed by atoms with Crippen molar-refractivity contribution in [2.75, 3.05) is 21.3 Å². The number of carboxylic acid groups (broad SMARTS) is 1. The number of carboxylic acids is 1. The number of hydrogen-bond donors (Lipinski definition) is 1. The van der Waals surface area contributed by atoms with Crippen LogP contribution in [-0.4, -0.2) is 162 Å². The molecule has 12 aliphatic heterocycles. The Labute approximate surface area is 809 Å². The summed E-state index contributed by atoms with van der Waals surface area (Å²) in [6.07, 6.45) is 31.5. The second kappa shape index (κ2) is 38.4. The molecule has 29 heteroatoms. The first-order valence-electron chi connectivity index (χ1n) is 48.2. The topological polar surface area (TPSA) is 220 Å². The molecule has 1 N–H and O–H groups in total. The van der Waals surface area contributed by atoms with E-state index < -0.39 is 84.1 Å². The first kappa shape index (κ1) is 98.7. The van der Waals surface area contributed by atoms with Crippen LogP contribution in [0.3, 0.4) is 0 Å². The molecule has 0 unspecified atom stereocenters. The molecular formula is C107H122F6N12O8Sn3. The van der Waals surface area contributed by atoms with Crippen LogP contribution >= 0.6 is 0 Å². The summed E-state index contributed by atoms with van der Waals surface area (Å²) in [5.74, 6) is -2.43. The molecule has 18 bridgehead atoms. The van der Waals surface area contributed by atoms with Crippen molar-refractivity contribution in [1.29, 1.82) is 0 Å². The second-order valence-electron chi connectivity index (χ2n) is 36.2. The SMILES string of the molecule is CCC1=C(C)C2=NC1=Cc1c(C)c(CC)c3[n]1[Sn]([F])([F])[n]1c(c(C)c(CC)c1=C2)=CC1=NC(=C3)C(C)=C1CC.CCC1=C(CC)C2=NC1=Cc1c(CC)c(CC)c3[n]1[Sn]([F])([F])[n]1c(c(CC)c(CC)c1=CC1=NC(=C3)C(CC)=C1CC)=C2.COC(=O)CCC1=C(C)C2=NC1=Cc1c(C)c(CCC(=O)O)c3[n]1[Sn]([F])([F])[n]1c(c(C)c(CCC(=O)OC)c1=CC1=NC(=C3)C(C)=C1CCC(=O)OC)=C2. The molecule has 0 aromatic carbocycles. The molecule has 18 rings (SSSR count). The van der Waals surface area contributed by atoms with Crippen molar-refractivity contribution in [2.24, 2.45) is 30.0 Å². The molecule has 0 fully saturated rings. The molecular weight excluding hydrogens is 2050 g/mol. The molecule has 6 aromatic heterocycles. The molecule has 0 spiro atoms. The van der Waals surface area contributed by atoms with Crippen LogP contribution in [-0.2, 0) is 84.8 Å². The molecule has 12 aliphatic rings. The summed E-state index contributed by atoms with van der Waals surface area (Å²) < 4.78 is 131. The Morgan fingerprint density at radius 2 is 0.551 bits per heavy atom. The number of hydrogen-bond acceptors (Lipinski definition) is 13. The van der Waals surface area contributed by atoms with E-state index in [0.29, 0.717) is 144 Å². The Kier molecular flexibility index (Phi) is 27.9. The number of ether oxygens (including phenoxy) is 3. The van der Waals surface area contributed by atoms with E-state index in [1.807, 2.05) is 76.3 Å². The fraction of sp³-hybridized carbons (Fsp3) is 0.402. The molecule has 0 atom stereocenters. The van der Waals surface area contributed by atoms with Crippen molar-refractivity contribution in [3.63, 3.8) is 0 Å². The number of halogens is 6. The van der Waals surface area contributed by atoms with E-state index in [2.05, 4.69) is 96.9 Å². The van der Waals surface area contributed by atoms with E-state index in [4.69, 9.17) is 44.2 Å².